The lowest BCUT2D eigenvalue weighted by Gasteiger charge is -2.39. The molecule has 0 saturated carbocycles. The summed E-state index contributed by atoms with van der Waals surface area (Å²) >= 11 is 0. The molecule has 0 aromatic heterocycles. The topological polar surface area (TPSA) is 35.9 Å². The van der Waals surface area contributed by atoms with Gasteiger partial charge in [-0.1, -0.05) is 6.07 Å². The van der Waals surface area contributed by atoms with Crippen LogP contribution in [0.4, 0.5) is 5.69 Å². The van der Waals surface area contributed by atoms with Gasteiger partial charge in [0, 0.05) is 43.5 Å². The van der Waals surface area contributed by atoms with Crippen molar-refractivity contribution < 1.29 is 9.84 Å². The number of benzene rings is 1. The van der Waals surface area contributed by atoms with Crippen molar-refractivity contribution in [1.29, 1.82) is 0 Å². The maximum absolute atomic E-state index is 10.1. The summed E-state index contributed by atoms with van der Waals surface area (Å²) in [4.78, 5) is 4.84. The second kappa shape index (κ2) is 6.46. The van der Waals surface area contributed by atoms with Gasteiger partial charge in [0.2, 0.25) is 0 Å². The minimum absolute atomic E-state index is 0.524. The first-order valence-corrected chi connectivity index (χ1v) is 7.38. The maximum atomic E-state index is 10.1. The van der Waals surface area contributed by atoms with E-state index in [0.29, 0.717) is 6.04 Å². The zero-order valence-corrected chi connectivity index (χ0v) is 13.0. The second-order valence-corrected chi connectivity index (χ2v) is 5.69. The predicted octanol–water partition coefficient (Wildman–Crippen LogP) is 2.28. The van der Waals surface area contributed by atoms with Crippen LogP contribution in [0.25, 0.3) is 0 Å². The minimum atomic E-state index is -0.524. The van der Waals surface area contributed by atoms with E-state index in [-0.39, 0.29) is 0 Å². The molecule has 1 atom stereocenters. The van der Waals surface area contributed by atoms with Crippen molar-refractivity contribution in [2.45, 2.75) is 32.9 Å². The van der Waals surface area contributed by atoms with Crippen LogP contribution in [0.5, 0.6) is 5.75 Å². The van der Waals surface area contributed by atoms with Gasteiger partial charge in [0.15, 0.2) is 0 Å². The third-order valence-electron chi connectivity index (χ3n) is 4.07. The number of aliphatic hydroxyl groups excluding tert-OH is 1. The molecule has 20 heavy (non-hydrogen) atoms. The Labute approximate surface area is 122 Å². The van der Waals surface area contributed by atoms with Gasteiger partial charge in [-0.15, -0.1) is 0 Å². The van der Waals surface area contributed by atoms with Crippen molar-refractivity contribution in [1.82, 2.24) is 4.90 Å². The van der Waals surface area contributed by atoms with Crippen molar-refractivity contribution in [3.63, 3.8) is 0 Å². The van der Waals surface area contributed by atoms with Crippen LogP contribution in [-0.4, -0.2) is 49.3 Å². The molecular weight excluding hydrogens is 252 g/mol. The van der Waals surface area contributed by atoms with Crippen molar-refractivity contribution in [3.05, 3.63) is 23.8 Å². The number of methoxy groups -OCH3 is 1. The van der Waals surface area contributed by atoms with E-state index in [1.54, 1.807) is 14.0 Å². The van der Waals surface area contributed by atoms with E-state index in [4.69, 9.17) is 4.74 Å². The van der Waals surface area contributed by atoms with Crippen LogP contribution in [0.15, 0.2) is 18.2 Å². The number of aliphatic hydroxyl groups is 1. The Morgan fingerprint density at radius 3 is 2.25 bits per heavy atom. The molecule has 1 aromatic carbocycles. The monoisotopic (exact) mass is 278 g/mol. The highest BCUT2D eigenvalue weighted by Gasteiger charge is 2.23. The number of hydrogen-bond donors (Lipinski definition) is 1. The van der Waals surface area contributed by atoms with Gasteiger partial charge >= 0.3 is 0 Å². The van der Waals surface area contributed by atoms with E-state index < -0.39 is 6.10 Å². The highest BCUT2D eigenvalue weighted by molar-refractivity contribution is 5.60. The zero-order chi connectivity index (χ0) is 14.7. The molecule has 1 aliphatic rings. The van der Waals surface area contributed by atoms with Gasteiger partial charge in [0.1, 0.15) is 5.75 Å². The summed E-state index contributed by atoms with van der Waals surface area (Å²) in [6.07, 6.45) is -0.524. The highest BCUT2D eigenvalue weighted by atomic mass is 16.5. The fraction of sp³-hybridized carbons (Fsp3) is 0.625. The SMILES string of the molecule is COc1cccc(N2CCN(C(C)C)CC2)c1[C@@H](C)O. The summed E-state index contributed by atoms with van der Waals surface area (Å²) in [5.74, 6) is 0.767. The summed E-state index contributed by atoms with van der Waals surface area (Å²) in [5.41, 5.74) is 2.00. The van der Waals surface area contributed by atoms with E-state index in [2.05, 4.69) is 29.7 Å². The van der Waals surface area contributed by atoms with Crippen molar-refractivity contribution in [2.24, 2.45) is 0 Å². The van der Waals surface area contributed by atoms with Gasteiger partial charge in [-0.25, -0.2) is 0 Å². The van der Waals surface area contributed by atoms with Crippen LogP contribution in [-0.2, 0) is 0 Å². The summed E-state index contributed by atoms with van der Waals surface area (Å²) in [6.45, 7) is 10.4. The number of hydrogen-bond acceptors (Lipinski definition) is 4. The Hall–Kier alpha value is -1.26. The van der Waals surface area contributed by atoms with Gasteiger partial charge < -0.3 is 14.7 Å². The van der Waals surface area contributed by atoms with E-state index in [1.807, 2.05) is 12.1 Å². The first kappa shape index (κ1) is 15.1. The molecule has 1 heterocycles. The lowest BCUT2D eigenvalue weighted by atomic mass is 10.0. The standard InChI is InChI=1S/C16H26N2O2/c1-12(2)17-8-10-18(11-9-17)14-6-5-7-15(20-4)16(14)13(3)19/h5-7,12-13,19H,8-11H2,1-4H3/t13-/m1/s1. The Kier molecular flexibility index (Phi) is 4.89. The van der Waals surface area contributed by atoms with Gasteiger partial charge in [0.05, 0.1) is 13.2 Å². The molecule has 1 aromatic rings. The largest absolute Gasteiger partial charge is 0.496 e. The molecule has 2 rings (SSSR count). The number of ether oxygens (including phenoxy) is 1. The minimum Gasteiger partial charge on any atom is -0.496 e. The molecule has 0 amide bonds. The number of nitrogens with zero attached hydrogens (tertiary/aromatic N) is 2. The molecule has 112 valence electrons. The summed E-state index contributed by atoms with van der Waals surface area (Å²) in [6, 6.07) is 6.58. The first-order chi connectivity index (χ1) is 9.54. The Morgan fingerprint density at radius 2 is 1.75 bits per heavy atom. The molecule has 1 aliphatic heterocycles. The molecule has 1 N–H and O–H groups in total. The average Bonchev–Trinajstić information content (AvgIpc) is 2.46. The summed E-state index contributed by atoms with van der Waals surface area (Å²) in [7, 11) is 1.65. The van der Waals surface area contributed by atoms with Gasteiger partial charge in [0.25, 0.3) is 0 Å². The van der Waals surface area contributed by atoms with E-state index in [0.717, 1.165) is 43.2 Å². The van der Waals surface area contributed by atoms with Crippen molar-refractivity contribution in [2.75, 3.05) is 38.2 Å². The summed E-state index contributed by atoms with van der Waals surface area (Å²) in [5, 5.41) is 10.1. The molecule has 0 unspecified atom stereocenters. The van der Waals surface area contributed by atoms with Crippen molar-refractivity contribution in [3.8, 4) is 5.75 Å². The van der Waals surface area contributed by atoms with Gasteiger partial charge in [-0.3, -0.25) is 4.90 Å². The second-order valence-electron chi connectivity index (χ2n) is 5.69. The maximum Gasteiger partial charge on any atom is 0.126 e. The first-order valence-electron chi connectivity index (χ1n) is 7.38. The molecule has 0 aliphatic carbocycles. The lowest BCUT2D eigenvalue weighted by molar-refractivity contribution is 0.192. The molecule has 1 fully saturated rings. The zero-order valence-electron chi connectivity index (χ0n) is 13.0. The molecule has 1 saturated heterocycles. The fourth-order valence-corrected chi connectivity index (χ4v) is 2.89. The van der Waals surface area contributed by atoms with Crippen LogP contribution in [0, 0.1) is 0 Å². The highest BCUT2D eigenvalue weighted by Crippen LogP contribution is 2.35. The smallest absolute Gasteiger partial charge is 0.126 e. The van der Waals surface area contributed by atoms with E-state index >= 15 is 0 Å². The molecule has 0 spiro atoms. The fourth-order valence-electron chi connectivity index (χ4n) is 2.89. The third kappa shape index (κ3) is 3.07. The van der Waals surface area contributed by atoms with E-state index in [9.17, 15) is 5.11 Å². The quantitative estimate of drug-likeness (QED) is 0.916. The van der Waals surface area contributed by atoms with Crippen molar-refractivity contribution >= 4 is 5.69 Å². The summed E-state index contributed by atoms with van der Waals surface area (Å²) < 4.78 is 5.40. The van der Waals surface area contributed by atoms with Crippen LogP contribution in [0.1, 0.15) is 32.4 Å². The van der Waals surface area contributed by atoms with Crippen LogP contribution >= 0.6 is 0 Å². The number of piperazine rings is 1. The van der Waals surface area contributed by atoms with Gasteiger partial charge in [-0.05, 0) is 32.9 Å². The Balaban J connectivity index is 2.21. The number of rotatable bonds is 4. The predicted molar refractivity (Wildman–Crippen MR) is 82.5 cm³/mol. The van der Waals surface area contributed by atoms with Crippen LogP contribution in [0.3, 0.4) is 0 Å². The normalized spacial score (nSPS) is 18.4. The number of anilines is 1. The lowest BCUT2D eigenvalue weighted by Crippen LogP contribution is -2.49. The van der Waals surface area contributed by atoms with Gasteiger partial charge in [-0.2, -0.15) is 0 Å². The molecule has 0 bridgehead atoms. The molecular formula is C16H26N2O2. The Morgan fingerprint density at radius 1 is 1.10 bits per heavy atom. The Bertz CT molecular complexity index is 438. The van der Waals surface area contributed by atoms with Crippen LogP contribution < -0.4 is 9.64 Å². The molecule has 4 nitrogen and oxygen atoms in total. The molecule has 0 radical (unpaired) electrons. The average molecular weight is 278 g/mol. The third-order valence-corrected chi connectivity index (χ3v) is 4.07. The van der Waals surface area contributed by atoms with Crippen LogP contribution in [0.2, 0.25) is 0 Å². The molecule has 4 heteroatoms. The van der Waals surface area contributed by atoms with E-state index in [1.165, 1.54) is 0 Å².